The van der Waals surface area contributed by atoms with Crippen molar-refractivity contribution in [1.29, 1.82) is 0 Å². The lowest BCUT2D eigenvalue weighted by Gasteiger charge is -2.21. The molecule has 1 heterocycles. The highest BCUT2D eigenvalue weighted by Crippen LogP contribution is 2.66. The molecule has 0 saturated heterocycles. The van der Waals surface area contributed by atoms with E-state index >= 15 is 0 Å². The van der Waals surface area contributed by atoms with Crippen LogP contribution in [-0.2, 0) is 6.54 Å². The molecular weight excluding hydrogens is 246 g/mol. The van der Waals surface area contributed by atoms with E-state index in [2.05, 4.69) is 28.1 Å². The Hall–Kier alpha value is -0.860. The third-order valence-corrected chi connectivity index (χ3v) is 5.44. The molecule has 1 atom stereocenters. The standard InChI is InChI=1S/C17H29N3/c1-2-3-4-5-9-12-20-14-16(18-19-20)15-13-17(15)10-7-6-8-11-17/h14-15H,2-13H2,1H3/t15-/m0/s1. The predicted octanol–water partition coefficient (Wildman–Crippen LogP) is 4.69. The Bertz CT molecular complexity index is 418. The molecule has 3 heteroatoms. The first-order chi connectivity index (χ1) is 9.84. The summed E-state index contributed by atoms with van der Waals surface area (Å²) in [5.41, 5.74) is 1.92. The first-order valence-corrected chi connectivity index (χ1v) is 8.74. The van der Waals surface area contributed by atoms with E-state index in [0.717, 1.165) is 12.5 Å². The molecule has 2 aliphatic rings. The van der Waals surface area contributed by atoms with E-state index in [9.17, 15) is 0 Å². The lowest BCUT2D eigenvalue weighted by Crippen LogP contribution is -2.09. The lowest BCUT2D eigenvalue weighted by atomic mass is 9.84. The zero-order valence-corrected chi connectivity index (χ0v) is 13.0. The summed E-state index contributed by atoms with van der Waals surface area (Å²) < 4.78 is 2.08. The van der Waals surface area contributed by atoms with E-state index in [1.165, 1.54) is 76.3 Å². The van der Waals surface area contributed by atoms with Crippen molar-refractivity contribution in [2.24, 2.45) is 5.41 Å². The summed E-state index contributed by atoms with van der Waals surface area (Å²) in [5, 5.41) is 8.80. The van der Waals surface area contributed by atoms with E-state index < -0.39 is 0 Å². The average Bonchev–Trinajstić information content (AvgIpc) is 2.96. The Morgan fingerprint density at radius 3 is 2.75 bits per heavy atom. The van der Waals surface area contributed by atoms with Crippen LogP contribution in [0.4, 0.5) is 0 Å². The van der Waals surface area contributed by atoms with Crippen LogP contribution in [0.25, 0.3) is 0 Å². The minimum atomic E-state index is 0.639. The third-order valence-electron chi connectivity index (χ3n) is 5.44. The Labute approximate surface area is 123 Å². The van der Waals surface area contributed by atoms with Crippen LogP contribution in [0.15, 0.2) is 6.20 Å². The molecule has 1 aromatic heterocycles. The van der Waals surface area contributed by atoms with E-state index in [1.54, 1.807) is 0 Å². The SMILES string of the molecule is CCCCCCCn1cc([C@@H]2CC23CCCCC3)nn1. The molecule has 0 N–H and O–H groups in total. The first-order valence-electron chi connectivity index (χ1n) is 8.74. The molecule has 1 spiro atoms. The maximum Gasteiger partial charge on any atom is 0.0863 e. The summed E-state index contributed by atoms with van der Waals surface area (Å²) in [6.45, 7) is 3.32. The average molecular weight is 275 g/mol. The van der Waals surface area contributed by atoms with Gasteiger partial charge in [0.2, 0.25) is 0 Å². The zero-order chi connectivity index (χ0) is 13.8. The van der Waals surface area contributed by atoms with Gasteiger partial charge < -0.3 is 0 Å². The molecule has 0 bridgehead atoms. The highest BCUT2D eigenvalue weighted by atomic mass is 15.4. The zero-order valence-electron chi connectivity index (χ0n) is 13.0. The largest absolute Gasteiger partial charge is 0.252 e. The second-order valence-electron chi connectivity index (χ2n) is 7.00. The van der Waals surface area contributed by atoms with Gasteiger partial charge in [0, 0.05) is 18.7 Å². The Kier molecular flexibility index (Phi) is 4.42. The van der Waals surface area contributed by atoms with Crippen molar-refractivity contribution in [2.45, 2.75) is 90.0 Å². The van der Waals surface area contributed by atoms with Crippen molar-refractivity contribution < 1.29 is 0 Å². The van der Waals surface area contributed by atoms with Gasteiger partial charge in [-0.15, -0.1) is 5.10 Å². The topological polar surface area (TPSA) is 30.7 Å². The monoisotopic (exact) mass is 275 g/mol. The molecule has 0 radical (unpaired) electrons. The number of nitrogens with zero attached hydrogens (tertiary/aromatic N) is 3. The molecule has 1 aromatic rings. The van der Waals surface area contributed by atoms with Crippen molar-refractivity contribution >= 4 is 0 Å². The van der Waals surface area contributed by atoms with Crippen LogP contribution in [0.5, 0.6) is 0 Å². The fourth-order valence-electron chi connectivity index (χ4n) is 4.03. The van der Waals surface area contributed by atoms with E-state index in [1.807, 2.05) is 0 Å². The molecule has 3 rings (SSSR count). The normalized spacial score (nSPS) is 24.1. The van der Waals surface area contributed by atoms with Gasteiger partial charge in [-0.25, -0.2) is 0 Å². The van der Waals surface area contributed by atoms with Gasteiger partial charge in [-0.1, -0.05) is 57.1 Å². The number of hydrogen-bond acceptors (Lipinski definition) is 2. The van der Waals surface area contributed by atoms with Gasteiger partial charge >= 0.3 is 0 Å². The minimum absolute atomic E-state index is 0.639. The highest BCUT2D eigenvalue weighted by Gasteiger charge is 2.55. The molecule has 2 saturated carbocycles. The van der Waals surface area contributed by atoms with E-state index in [-0.39, 0.29) is 0 Å². The number of hydrogen-bond donors (Lipinski definition) is 0. The van der Waals surface area contributed by atoms with Gasteiger partial charge in [-0.05, 0) is 31.1 Å². The van der Waals surface area contributed by atoms with E-state index in [4.69, 9.17) is 0 Å². The fraction of sp³-hybridized carbons (Fsp3) is 0.882. The lowest BCUT2D eigenvalue weighted by molar-refractivity contribution is 0.325. The van der Waals surface area contributed by atoms with Crippen LogP contribution in [0.1, 0.15) is 89.2 Å². The maximum absolute atomic E-state index is 4.46. The number of aryl methyl sites for hydroxylation is 1. The molecular formula is C17H29N3. The van der Waals surface area contributed by atoms with Gasteiger partial charge in [0.15, 0.2) is 0 Å². The van der Waals surface area contributed by atoms with Crippen LogP contribution in [0.2, 0.25) is 0 Å². The number of aromatic nitrogens is 3. The molecule has 112 valence electrons. The summed E-state index contributed by atoms with van der Waals surface area (Å²) in [7, 11) is 0. The van der Waals surface area contributed by atoms with Gasteiger partial charge in [0.05, 0.1) is 5.69 Å². The second kappa shape index (κ2) is 6.28. The van der Waals surface area contributed by atoms with Crippen LogP contribution in [0, 0.1) is 5.41 Å². The Balaban J connectivity index is 1.46. The maximum atomic E-state index is 4.46. The molecule has 2 aliphatic carbocycles. The highest BCUT2D eigenvalue weighted by molar-refractivity contribution is 5.21. The predicted molar refractivity (Wildman–Crippen MR) is 81.7 cm³/mol. The molecule has 3 nitrogen and oxygen atoms in total. The van der Waals surface area contributed by atoms with Crippen molar-refractivity contribution in [1.82, 2.24) is 15.0 Å². The van der Waals surface area contributed by atoms with Crippen molar-refractivity contribution in [3.63, 3.8) is 0 Å². The number of unbranched alkanes of at least 4 members (excludes halogenated alkanes) is 4. The Morgan fingerprint density at radius 2 is 1.95 bits per heavy atom. The second-order valence-corrected chi connectivity index (χ2v) is 7.00. The van der Waals surface area contributed by atoms with E-state index in [0.29, 0.717) is 5.41 Å². The molecule has 0 unspecified atom stereocenters. The molecule has 2 fully saturated rings. The van der Waals surface area contributed by atoms with Crippen LogP contribution in [-0.4, -0.2) is 15.0 Å². The Morgan fingerprint density at radius 1 is 1.15 bits per heavy atom. The molecule has 0 aliphatic heterocycles. The van der Waals surface area contributed by atoms with Gasteiger partial charge in [-0.2, -0.15) is 0 Å². The molecule has 0 aromatic carbocycles. The quantitative estimate of drug-likeness (QED) is 0.676. The fourth-order valence-corrected chi connectivity index (χ4v) is 4.03. The molecule has 0 amide bonds. The van der Waals surface area contributed by atoms with Crippen molar-refractivity contribution in [3.05, 3.63) is 11.9 Å². The van der Waals surface area contributed by atoms with Gasteiger partial charge in [0.25, 0.3) is 0 Å². The van der Waals surface area contributed by atoms with Crippen molar-refractivity contribution in [2.75, 3.05) is 0 Å². The van der Waals surface area contributed by atoms with Crippen LogP contribution < -0.4 is 0 Å². The summed E-state index contributed by atoms with van der Waals surface area (Å²) >= 11 is 0. The molecule has 20 heavy (non-hydrogen) atoms. The number of rotatable bonds is 7. The van der Waals surface area contributed by atoms with Crippen molar-refractivity contribution in [3.8, 4) is 0 Å². The minimum Gasteiger partial charge on any atom is -0.252 e. The smallest absolute Gasteiger partial charge is 0.0863 e. The third kappa shape index (κ3) is 3.07. The van der Waals surface area contributed by atoms with Gasteiger partial charge in [0.1, 0.15) is 0 Å². The summed E-state index contributed by atoms with van der Waals surface area (Å²) in [6, 6.07) is 0. The van der Waals surface area contributed by atoms with Gasteiger partial charge in [-0.3, -0.25) is 4.68 Å². The van der Waals surface area contributed by atoms with Crippen LogP contribution in [0.3, 0.4) is 0 Å². The first kappa shape index (κ1) is 14.1. The summed E-state index contributed by atoms with van der Waals surface area (Å²) in [6.07, 6.45) is 17.4. The van der Waals surface area contributed by atoms with Crippen LogP contribution >= 0.6 is 0 Å². The summed E-state index contributed by atoms with van der Waals surface area (Å²) in [5.74, 6) is 0.733. The summed E-state index contributed by atoms with van der Waals surface area (Å²) in [4.78, 5) is 0.